The van der Waals surface area contributed by atoms with Crippen LogP contribution in [0.4, 0.5) is 0 Å². The maximum absolute atomic E-state index is 6.27. The Labute approximate surface area is 171 Å². The summed E-state index contributed by atoms with van der Waals surface area (Å²) in [5, 5.41) is 2.04. The van der Waals surface area contributed by atoms with Crippen molar-refractivity contribution in [1.82, 2.24) is 4.98 Å². The third-order valence-corrected chi connectivity index (χ3v) is 5.77. The van der Waals surface area contributed by atoms with Gasteiger partial charge in [-0.05, 0) is 36.4 Å². The molecule has 0 saturated heterocycles. The van der Waals surface area contributed by atoms with Gasteiger partial charge >= 0.3 is 0 Å². The van der Waals surface area contributed by atoms with Gasteiger partial charge < -0.3 is 9.47 Å². The second-order valence-electron chi connectivity index (χ2n) is 5.85. The number of benzene rings is 3. The molecule has 0 N–H and O–H groups in total. The summed E-state index contributed by atoms with van der Waals surface area (Å²) in [6.45, 7) is 0.300. The zero-order chi connectivity index (χ0) is 18.8. The predicted octanol–water partition coefficient (Wildman–Crippen LogP) is 6.86. The van der Waals surface area contributed by atoms with Crippen molar-refractivity contribution in [3.05, 3.63) is 76.3 Å². The number of ether oxygens (including phenoxy) is 2. The van der Waals surface area contributed by atoms with Crippen LogP contribution in [0.1, 0.15) is 5.56 Å². The minimum Gasteiger partial charge on any atom is -0.493 e. The molecule has 0 radical (unpaired) electrons. The molecule has 0 aliphatic heterocycles. The van der Waals surface area contributed by atoms with Crippen LogP contribution in [-0.2, 0) is 6.61 Å². The van der Waals surface area contributed by atoms with E-state index in [1.54, 1.807) is 30.6 Å². The molecule has 1 aromatic heterocycles. The number of para-hydroxylation sites is 2. The van der Waals surface area contributed by atoms with Crippen LogP contribution in [0.25, 0.3) is 20.8 Å². The molecule has 0 saturated carbocycles. The molecule has 0 bridgehead atoms. The van der Waals surface area contributed by atoms with E-state index in [9.17, 15) is 0 Å². The van der Waals surface area contributed by atoms with Crippen LogP contribution in [0, 0.1) is 0 Å². The third-order valence-electron chi connectivity index (χ3n) is 4.11. The smallest absolute Gasteiger partial charge is 0.171 e. The summed E-state index contributed by atoms with van der Waals surface area (Å²) in [7, 11) is 1.62. The number of hydrogen-bond acceptors (Lipinski definition) is 4. The van der Waals surface area contributed by atoms with Crippen molar-refractivity contribution in [2.75, 3.05) is 7.11 Å². The fraction of sp³-hybridized carbons (Fsp3) is 0.0952. The number of rotatable bonds is 5. The minimum absolute atomic E-state index is 0.300. The molecule has 0 fully saturated rings. The normalized spacial score (nSPS) is 10.9. The molecule has 136 valence electrons. The van der Waals surface area contributed by atoms with Gasteiger partial charge in [0, 0.05) is 15.6 Å². The molecule has 27 heavy (non-hydrogen) atoms. The summed E-state index contributed by atoms with van der Waals surface area (Å²) >= 11 is 13.9. The Balaban J connectivity index is 1.72. The van der Waals surface area contributed by atoms with E-state index in [0.29, 0.717) is 28.2 Å². The number of nitrogens with zero attached hydrogens (tertiary/aromatic N) is 1. The molecule has 3 aromatic carbocycles. The fourth-order valence-corrected chi connectivity index (χ4v) is 4.22. The SMILES string of the molecule is COc1cccc(-c2nc3ccccc3s2)c1OCc1ccc(Cl)cc1Cl. The molecule has 1 heterocycles. The number of halogens is 2. The lowest BCUT2D eigenvalue weighted by atomic mass is 10.2. The topological polar surface area (TPSA) is 31.4 Å². The zero-order valence-corrected chi connectivity index (χ0v) is 16.7. The highest BCUT2D eigenvalue weighted by atomic mass is 35.5. The number of aromatic nitrogens is 1. The van der Waals surface area contributed by atoms with Gasteiger partial charge in [-0.2, -0.15) is 0 Å². The maximum atomic E-state index is 6.27. The Bertz CT molecular complexity index is 1080. The van der Waals surface area contributed by atoms with Crippen LogP contribution in [0.15, 0.2) is 60.7 Å². The molecule has 4 aromatic rings. The summed E-state index contributed by atoms with van der Waals surface area (Å²) in [4.78, 5) is 4.74. The number of hydrogen-bond donors (Lipinski definition) is 0. The van der Waals surface area contributed by atoms with Crippen molar-refractivity contribution in [2.45, 2.75) is 6.61 Å². The van der Waals surface area contributed by atoms with Crippen LogP contribution in [0.5, 0.6) is 11.5 Å². The molecule has 0 atom stereocenters. The molecule has 0 unspecified atom stereocenters. The van der Waals surface area contributed by atoms with Crippen LogP contribution in [0.3, 0.4) is 0 Å². The lowest BCUT2D eigenvalue weighted by Gasteiger charge is -2.14. The highest BCUT2D eigenvalue weighted by Gasteiger charge is 2.16. The first-order valence-electron chi connectivity index (χ1n) is 8.25. The zero-order valence-electron chi connectivity index (χ0n) is 14.4. The average molecular weight is 416 g/mol. The Morgan fingerprint density at radius 3 is 2.63 bits per heavy atom. The van der Waals surface area contributed by atoms with Crippen molar-refractivity contribution in [3.8, 4) is 22.1 Å². The monoisotopic (exact) mass is 415 g/mol. The lowest BCUT2D eigenvalue weighted by molar-refractivity contribution is 0.286. The molecule has 4 rings (SSSR count). The van der Waals surface area contributed by atoms with Gasteiger partial charge in [-0.15, -0.1) is 11.3 Å². The molecule has 0 aliphatic carbocycles. The second kappa shape index (κ2) is 7.77. The van der Waals surface area contributed by atoms with Crippen molar-refractivity contribution in [1.29, 1.82) is 0 Å². The molecule has 0 amide bonds. The molecule has 0 aliphatic rings. The van der Waals surface area contributed by atoms with Crippen molar-refractivity contribution in [3.63, 3.8) is 0 Å². The number of methoxy groups -OCH3 is 1. The maximum Gasteiger partial charge on any atom is 0.171 e. The molecular weight excluding hydrogens is 401 g/mol. The Hall–Kier alpha value is -2.27. The first-order chi connectivity index (χ1) is 13.2. The van der Waals surface area contributed by atoms with Crippen LogP contribution in [-0.4, -0.2) is 12.1 Å². The van der Waals surface area contributed by atoms with E-state index in [-0.39, 0.29) is 0 Å². The van der Waals surface area contributed by atoms with E-state index >= 15 is 0 Å². The molecular formula is C21H15Cl2NO2S. The Kier molecular flexibility index (Phi) is 5.21. The minimum atomic E-state index is 0.300. The summed E-state index contributed by atoms with van der Waals surface area (Å²) < 4.78 is 12.8. The standard InChI is InChI=1S/C21H15Cl2NO2S/c1-25-18-7-4-5-15(21-24-17-6-2-3-8-19(17)27-21)20(18)26-12-13-9-10-14(22)11-16(13)23/h2-11H,12H2,1H3. The van der Waals surface area contributed by atoms with Gasteiger partial charge in [0.05, 0.1) is 22.9 Å². The molecule has 6 heteroatoms. The largest absolute Gasteiger partial charge is 0.493 e. The first-order valence-corrected chi connectivity index (χ1v) is 9.82. The van der Waals surface area contributed by atoms with E-state index in [1.165, 1.54) is 0 Å². The van der Waals surface area contributed by atoms with Gasteiger partial charge in [0.25, 0.3) is 0 Å². The summed E-state index contributed by atoms with van der Waals surface area (Å²) in [6.07, 6.45) is 0. The predicted molar refractivity (Wildman–Crippen MR) is 112 cm³/mol. The van der Waals surface area contributed by atoms with Gasteiger partial charge in [0.1, 0.15) is 11.6 Å². The summed E-state index contributed by atoms with van der Waals surface area (Å²) in [5.41, 5.74) is 2.70. The van der Waals surface area contributed by atoms with E-state index in [2.05, 4.69) is 6.07 Å². The van der Waals surface area contributed by atoms with Gasteiger partial charge in [0.2, 0.25) is 0 Å². The highest BCUT2D eigenvalue weighted by molar-refractivity contribution is 7.21. The summed E-state index contributed by atoms with van der Waals surface area (Å²) in [6, 6.07) is 19.2. The molecule has 0 spiro atoms. The van der Waals surface area contributed by atoms with Gasteiger partial charge in [-0.3, -0.25) is 0 Å². The Morgan fingerprint density at radius 2 is 1.85 bits per heavy atom. The van der Waals surface area contributed by atoms with Crippen LogP contribution >= 0.6 is 34.5 Å². The van der Waals surface area contributed by atoms with Crippen molar-refractivity contribution in [2.24, 2.45) is 0 Å². The van der Waals surface area contributed by atoms with Crippen LogP contribution in [0.2, 0.25) is 10.0 Å². The van der Waals surface area contributed by atoms with Gasteiger partial charge in [-0.25, -0.2) is 4.98 Å². The van der Waals surface area contributed by atoms with Crippen molar-refractivity contribution < 1.29 is 9.47 Å². The van der Waals surface area contributed by atoms with Crippen LogP contribution < -0.4 is 9.47 Å². The highest BCUT2D eigenvalue weighted by Crippen LogP contribution is 2.41. The van der Waals surface area contributed by atoms with Gasteiger partial charge in [0.15, 0.2) is 11.5 Å². The van der Waals surface area contributed by atoms with E-state index in [0.717, 1.165) is 26.4 Å². The Morgan fingerprint density at radius 1 is 1.00 bits per heavy atom. The number of thiazole rings is 1. The lowest BCUT2D eigenvalue weighted by Crippen LogP contribution is -2.00. The van der Waals surface area contributed by atoms with E-state index in [1.807, 2.05) is 42.5 Å². The summed E-state index contributed by atoms with van der Waals surface area (Å²) in [5.74, 6) is 1.29. The fourth-order valence-electron chi connectivity index (χ4n) is 2.77. The quantitative estimate of drug-likeness (QED) is 0.356. The van der Waals surface area contributed by atoms with Gasteiger partial charge in [-0.1, -0.05) is 47.5 Å². The molecule has 3 nitrogen and oxygen atoms in total. The average Bonchev–Trinajstić information content (AvgIpc) is 3.11. The van der Waals surface area contributed by atoms with E-state index in [4.69, 9.17) is 37.7 Å². The van der Waals surface area contributed by atoms with Crippen molar-refractivity contribution >= 4 is 44.8 Å². The number of fused-ring (bicyclic) bond motifs is 1. The van der Waals surface area contributed by atoms with E-state index < -0.39 is 0 Å². The second-order valence-corrected chi connectivity index (χ2v) is 7.72. The third kappa shape index (κ3) is 3.74. The first kappa shape index (κ1) is 18.1.